The number of anilines is 2. The van der Waals surface area contributed by atoms with Crippen molar-refractivity contribution in [3.05, 3.63) is 35.3 Å². The third kappa shape index (κ3) is 3.16. The minimum Gasteiger partial charge on any atom is -0.326 e. The van der Waals surface area contributed by atoms with Gasteiger partial charge in [-0.25, -0.2) is 9.67 Å². The molecule has 2 aromatic rings. The lowest BCUT2D eigenvalue weighted by molar-refractivity contribution is -0.150. The smallest absolute Gasteiger partial charge is 0.230 e. The summed E-state index contributed by atoms with van der Waals surface area (Å²) in [6, 6.07) is 7.48. The predicted octanol–water partition coefficient (Wildman–Crippen LogP) is 3.96. The summed E-state index contributed by atoms with van der Waals surface area (Å²) in [7, 11) is 1.74. The largest absolute Gasteiger partial charge is 0.326 e. The fourth-order valence-corrected chi connectivity index (χ4v) is 6.70. The Labute approximate surface area is 184 Å². The number of benzene rings is 1. The van der Waals surface area contributed by atoms with E-state index in [1.807, 2.05) is 35.3 Å². The Balaban J connectivity index is 1.38. The molecule has 4 aliphatic rings. The number of hydrogen-bond donors (Lipinski definition) is 1. The molecule has 7 nitrogen and oxygen atoms in total. The number of halogens is 1. The number of rotatable bonds is 4. The Morgan fingerprint density at radius 3 is 2.40 bits per heavy atom. The molecule has 0 spiro atoms. The van der Waals surface area contributed by atoms with E-state index in [0.29, 0.717) is 16.6 Å². The highest BCUT2D eigenvalue weighted by molar-refractivity contribution is 9.10. The van der Waals surface area contributed by atoms with Gasteiger partial charge < -0.3 is 10.2 Å². The SMILES string of the molecule is CC(=O)N(C)c1ccc(NC(=O)C23C[C@H]4C[C@@H](C2)CC(n2cnc(Br)n2)(C4)C3)cc1. The van der Waals surface area contributed by atoms with Crippen LogP contribution in [0.25, 0.3) is 0 Å². The molecule has 8 heteroatoms. The standard InChI is InChI=1S/C22H26BrN5O2/c1-14(29)27(2)18-5-3-17(4-6-18)25-19(30)21-8-15-7-16(9-21)11-22(10-15,12-21)28-13-24-20(23)26-28/h3-6,13,15-16H,7-12H2,1-2H3,(H,25,30)/t15-,16+,21?,22?. The maximum atomic E-state index is 13.5. The molecule has 2 amide bonds. The van der Waals surface area contributed by atoms with Gasteiger partial charge in [-0.15, -0.1) is 5.10 Å². The van der Waals surface area contributed by atoms with Crippen LogP contribution in [0.15, 0.2) is 35.3 Å². The Hall–Kier alpha value is -2.22. The van der Waals surface area contributed by atoms with Gasteiger partial charge in [0.1, 0.15) is 6.33 Å². The van der Waals surface area contributed by atoms with E-state index in [9.17, 15) is 9.59 Å². The molecule has 4 fully saturated rings. The molecule has 0 aliphatic heterocycles. The average molecular weight is 472 g/mol. The summed E-state index contributed by atoms with van der Waals surface area (Å²) in [5.41, 5.74) is 1.13. The van der Waals surface area contributed by atoms with Gasteiger partial charge >= 0.3 is 0 Å². The number of amides is 2. The molecule has 1 aromatic carbocycles. The van der Waals surface area contributed by atoms with Crippen molar-refractivity contribution >= 4 is 39.1 Å². The fraction of sp³-hybridized carbons (Fsp3) is 0.545. The number of carbonyl (C=O) groups excluding carboxylic acids is 2. The minimum atomic E-state index is -0.350. The molecule has 0 radical (unpaired) electrons. The summed E-state index contributed by atoms with van der Waals surface area (Å²) in [6.45, 7) is 1.53. The fourth-order valence-electron chi connectivity index (χ4n) is 6.43. The zero-order valence-electron chi connectivity index (χ0n) is 17.3. The first-order chi connectivity index (χ1) is 14.3. The van der Waals surface area contributed by atoms with Crippen molar-refractivity contribution in [3.8, 4) is 0 Å². The number of carbonyl (C=O) groups is 2. The molecule has 158 valence electrons. The molecule has 4 saturated carbocycles. The van der Waals surface area contributed by atoms with Crippen molar-refractivity contribution in [2.24, 2.45) is 17.3 Å². The van der Waals surface area contributed by atoms with Gasteiger partial charge in [-0.2, -0.15) is 0 Å². The number of nitrogens with one attached hydrogen (secondary N) is 1. The highest BCUT2D eigenvalue weighted by Crippen LogP contribution is 2.64. The molecule has 4 atom stereocenters. The van der Waals surface area contributed by atoms with Crippen molar-refractivity contribution in [1.29, 1.82) is 0 Å². The van der Waals surface area contributed by atoms with Crippen molar-refractivity contribution in [3.63, 3.8) is 0 Å². The van der Waals surface area contributed by atoms with E-state index in [0.717, 1.165) is 43.5 Å². The average Bonchev–Trinajstić information content (AvgIpc) is 3.14. The van der Waals surface area contributed by atoms with Gasteiger partial charge in [0.2, 0.25) is 16.5 Å². The zero-order chi connectivity index (χ0) is 21.1. The molecule has 1 aromatic heterocycles. The van der Waals surface area contributed by atoms with E-state index < -0.39 is 0 Å². The van der Waals surface area contributed by atoms with Crippen LogP contribution in [-0.2, 0) is 15.1 Å². The zero-order valence-corrected chi connectivity index (χ0v) is 18.9. The quantitative estimate of drug-likeness (QED) is 0.731. The van der Waals surface area contributed by atoms with Crippen LogP contribution in [-0.4, -0.2) is 33.6 Å². The van der Waals surface area contributed by atoms with Crippen LogP contribution in [0.3, 0.4) is 0 Å². The first-order valence-corrected chi connectivity index (χ1v) is 11.3. The molecule has 30 heavy (non-hydrogen) atoms. The van der Waals surface area contributed by atoms with E-state index in [1.54, 1.807) is 11.9 Å². The van der Waals surface area contributed by atoms with Crippen molar-refractivity contribution in [2.45, 2.75) is 51.0 Å². The van der Waals surface area contributed by atoms with Crippen molar-refractivity contribution in [2.75, 3.05) is 17.3 Å². The van der Waals surface area contributed by atoms with Gasteiger partial charge in [0.05, 0.1) is 11.0 Å². The van der Waals surface area contributed by atoms with Crippen LogP contribution < -0.4 is 10.2 Å². The van der Waals surface area contributed by atoms with E-state index in [-0.39, 0.29) is 22.8 Å². The highest BCUT2D eigenvalue weighted by atomic mass is 79.9. The van der Waals surface area contributed by atoms with Crippen LogP contribution in [0.1, 0.15) is 45.4 Å². The Bertz CT molecular complexity index is 987. The predicted molar refractivity (Wildman–Crippen MR) is 117 cm³/mol. The Kier molecular flexibility index (Phi) is 4.54. The Morgan fingerprint density at radius 2 is 1.83 bits per heavy atom. The van der Waals surface area contributed by atoms with Gasteiger partial charge in [-0.3, -0.25) is 9.59 Å². The summed E-state index contributed by atoms with van der Waals surface area (Å²) in [6.07, 6.45) is 7.93. The third-order valence-electron chi connectivity index (χ3n) is 7.45. The highest BCUT2D eigenvalue weighted by Gasteiger charge is 2.61. The molecule has 1 heterocycles. The lowest BCUT2D eigenvalue weighted by Crippen LogP contribution is -2.60. The van der Waals surface area contributed by atoms with Crippen molar-refractivity contribution in [1.82, 2.24) is 14.8 Å². The summed E-state index contributed by atoms with van der Waals surface area (Å²) < 4.78 is 2.62. The monoisotopic (exact) mass is 471 g/mol. The van der Waals surface area contributed by atoms with E-state index >= 15 is 0 Å². The Morgan fingerprint density at radius 1 is 1.17 bits per heavy atom. The summed E-state index contributed by atoms with van der Waals surface area (Å²) >= 11 is 3.38. The third-order valence-corrected chi connectivity index (χ3v) is 7.81. The van der Waals surface area contributed by atoms with Crippen molar-refractivity contribution < 1.29 is 9.59 Å². The second-order valence-corrected chi connectivity index (χ2v) is 10.2. The van der Waals surface area contributed by atoms with Crippen LogP contribution in [0.2, 0.25) is 0 Å². The van der Waals surface area contributed by atoms with Gasteiger partial charge in [-0.1, -0.05) is 0 Å². The number of nitrogens with zero attached hydrogens (tertiary/aromatic N) is 4. The van der Waals surface area contributed by atoms with Gasteiger partial charge in [0.15, 0.2) is 0 Å². The van der Waals surface area contributed by atoms with Crippen LogP contribution in [0.4, 0.5) is 11.4 Å². The molecular weight excluding hydrogens is 446 g/mol. The molecule has 4 aliphatic carbocycles. The van der Waals surface area contributed by atoms with E-state index in [4.69, 9.17) is 0 Å². The topological polar surface area (TPSA) is 80.1 Å². The van der Waals surface area contributed by atoms with Gasteiger partial charge in [0.25, 0.3) is 0 Å². The van der Waals surface area contributed by atoms with Gasteiger partial charge in [0, 0.05) is 25.3 Å². The minimum absolute atomic E-state index is 0.0228. The molecule has 6 rings (SSSR count). The second kappa shape index (κ2) is 6.90. The maximum Gasteiger partial charge on any atom is 0.230 e. The van der Waals surface area contributed by atoms with Gasteiger partial charge in [-0.05, 0) is 90.6 Å². The van der Waals surface area contributed by atoms with Crippen LogP contribution >= 0.6 is 15.9 Å². The number of hydrogen-bond acceptors (Lipinski definition) is 4. The molecule has 0 saturated heterocycles. The normalized spacial score (nSPS) is 31.6. The van der Waals surface area contributed by atoms with E-state index in [2.05, 4.69) is 31.3 Å². The van der Waals surface area contributed by atoms with E-state index in [1.165, 1.54) is 13.3 Å². The van der Waals surface area contributed by atoms with Crippen LogP contribution in [0, 0.1) is 17.3 Å². The first-order valence-electron chi connectivity index (χ1n) is 10.5. The number of aromatic nitrogens is 3. The summed E-state index contributed by atoms with van der Waals surface area (Å²) in [5, 5.41) is 7.75. The second-order valence-electron chi connectivity index (χ2n) is 9.50. The molecular formula is C22H26BrN5O2. The van der Waals surface area contributed by atoms with Crippen LogP contribution in [0.5, 0.6) is 0 Å². The lowest BCUT2D eigenvalue weighted by Gasteiger charge is -2.60. The molecule has 2 unspecified atom stereocenters. The molecule has 4 bridgehead atoms. The summed E-state index contributed by atoms with van der Waals surface area (Å²) in [4.78, 5) is 31.0. The summed E-state index contributed by atoms with van der Waals surface area (Å²) in [5.74, 6) is 1.22. The lowest BCUT2D eigenvalue weighted by atomic mass is 9.46. The molecule has 1 N–H and O–H groups in total. The maximum absolute atomic E-state index is 13.5. The first kappa shape index (κ1) is 19.7.